The summed E-state index contributed by atoms with van der Waals surface area (Å²) in [6, 6.07) is 30.0. The SMILES string of the molecule is Cc1ccc(Cn2c[n+](Cc3ccccc3)cc2-c2ccccc2)cc1. The summed E-state index contributed by atoms with van der Waals surface area (Å²) >= 11 is 0. The highest BCUT2D eigenvalue weighted by atomic mass is 15.1. The van der Waals surface area contributed by atoms with Gasteiger partial charge in [-0.3, -0.25) is 0 Å². The predicted octanol–water partition coefficient (Wildman–Crippen LogP) is 4.85. The lowest BCUT2D eigenvalue weighted by Gasteiger charge is -2.03. The predicted molar refractivity (Wildman–Crippen MR) is 106 cm³/mol. The summed E-state index contributed by atoms with van der Waals surface area (Å²) in [5, 5.41) is 0. The van der Waals surface area contributed by atoms with Gasteiger partial charge in [0.05, 0.1) is 0 Å². The van der Waals surface area contributed by atoms with E-state index in [4.69, 9.17) is 0 Å². The molecule has 128 valence electrons. The molecule has 0 aliphatic rings. The molecule has 0 N–H and O–H groups in total. The lowest BCUT2D eigenvalue weighted by Crippen LogP contribution is -2.31. The molecule has 0 fully saturated rings. The van der Waals surface area contributed by atoms with Gasteiger partial charge in [-0.25, -0.2) is 9.13 Å². The van der Waals surface area contributed by atoms with Gasteiger partial charge in [0.15, 0.2) is 5.69 Å². The van der Waals surface area contributed by atoms with Crippen molar-refractivity contribution in [1.29, 1.82) is 0 Å². The molecule has 0 spiro atoms. The second kappa shape index (κ2) is 7.40. The molecule has 2 nitrogen and oxygen atoms in total. The van der Waals surface area contributed by atoms with Crippen LogP contribution >= 0.6 is 0 Å². The van der Waals surface area contributed by atoms with E-state index in [-0.39, 0.29) is 0 Å². The van der Waals surface area contributed by atoms with Crippen molar-refractivity contribution in [1.82, 2.24) is 4.57 Å². The fourth-order valence-corrected chi connectivity index (χ4v) is 3.25. The summed E-state index contributed by atoms with van der Waals surface area (Å²) in [7, 11) is 0. The number of rotatable bonds is 5. The molecule has 0 radical (unpaired) electrons. The van der Waals surface area contributed by atoms with Gasteiger partial charge in [-0.15, -0.1) is 0 Å². The molecule has 26 heavy (non-hydrogen) atoms. The van der Waals surface area contributed by atoms with Crippen molar-refractivity contribution in [3.8, 4) is 11.3 Å². The van der Waals surface area contributed by atoms with Crippen LogP contribution in [0.15, 0.2) is 97.5 Å². The minimum atomic E-state index is 0.867. The number of hydrogen-bond acceptors (Lipinski definition) is 0. The number of aryl methyl sites for hydroxylation is 1. The Morgan fingerprint density at radius 2 is 1.38 bits per heavy atom. The maximum atomic E-state index is 2.34. The highest BCUT2D eigenvalue weighted by Gasteiger charge is 2.16. The van der Waals surface area contributed by atoms with Crippen LogP contribution in [0, 0.1) is 6.92 Å². The molecule has 1 heterocycles. The number of nitrogens with zero attached hydrogens (tertiary/aromatic N) is 2. The van der Waals surface area contributed by atoms with Gasteiger partial charge >= 0.3 is 0 Å². The maximum Gasteiger partial charge on any atom is 0.244 e. The third-order valence-corrected chi connectivity index (χ3v) is 4.64. The average molecular weight is 339 g/mol. The summed E-state index contributed by atoms with van der Waals surface area (Å²) in [5.41, 5.74) is 6.40. The third kappa shape index (κ3) is 3.75. The van der Waals surface area contributed by atoms with Crippen LogP contribution in [0.4, 0.5) is 0 Å². The van der Waals surface area contributed by atoms with Crippen LogP contribution in [0.25, 0.3) is 11.3 Å². The zero-order chi connectivity index (χ0) is 17.8. The number of hydrogen-bond donors (Lipinski definition) is 0. The first kappa shape index (κ1) is 16.3. The van der Waals surface area contributed by atoms with Gasteiger partial charge in [0, 0.05) is 5.56 Å². The van der Waals surface area contributed by atoms with E-state index in [0.29, 0.717) is 0 Å². The minimum Gasteiger partial charge on any atom is -0.232 e. The average Bonchev–Trinajstić information content (AvgIpc) is 3.07. The van der Waals surface area contributed by atoms with Crippen molar-refractivity contribution in [2.24, 2.45) is 0 Å². The van der Waals surface area contributed by atoms with E-state index >= 15 is 0 Å². The minimum absolute atomic E-state index is 0.867. The second-order valence-electron chi connectivity index (χ2n) is 6.77. The van der Waals surface area contributed by atoms with Crippen LogP contribution in [-0.2, 0) is 13.1 Å². The van der Waals surface area contributed by atoms with Crippen molar-refractivity contribution in [3.05, 3.63) is 114 Å². The molecule has 0 bridgehead atoms. The van der Waals surface area contributed by atoms with Crippen LogP contribution in [-0.4, -0.2) is 4.57 Å². The zero-order valence-corrected chi connectivity index (χ0v) is 15.0. The van der Waals surface area contributed by atoms with E-state index in [1.165, 1.54) is 27.9 Å². The van der Waals surface area contributed by atoms with Crippen LogP contribution in [0.5, 0.6) is 0 Å². The van der Waals surface area contributed by atoms with E-state index in [9.17, 15) is 0 Å². The number of benzene rings is 3. The van der Waals surface area contributed by atoms with Crippen LogP contribution in [0.3, 0.4) is 0 Å². The van der Waals surface area contributed by atoms with Crippen molar-refractivity contribution >= 4 is 0 Å². The fraction of sp³-hybridized carbons (Fsp3) is 0.125. The normalized spacial score (nSPS) is 10.8. The van der Waals surface area contributed by atoms with Crippen LogP contribution in [0.1, 0.15) is 16.7 Å². The Morgan fingerprint density at radius 1 is 0.731 bits per heavy atom. The third-order valence-electron chi connectivity index (χ3n) is 4.64. The molecule has 4 rings (SSSR count). The molecule has 0 aliphatic heterocycles. The molecule has 0 amide bonds. The topological polar surface area (TPSA) is 8.81 Å². The molecule has 4 aromatic rings. The molecule has 2 heteroatoms. The Morgan fingerprint density at radius 3 is 2.08 bits per heavy atom. The highest BCUT2D eigenvalue weighted by molar-refractivity contribution is 5.58. The van der Waals surface area contributed by atoms with Crippen molar-refractivity contribution in [2.45, 2.75) is 20.0 Å². The van der Waals surface area contributed by atoms with Gasteiger partial charge in [0.2, 0.25) is 6.33 Å². The van der Waals surface area contributed by atoms with E-state index in [2.05, 4.69) is 114 Å². The van der Waals surface area contributed by atoms with Crippen molar-refractivity contribution in [2.75, 3.05) is 0 Å². The molecule has 0 aliphatic carbocycles. The molecule has 1 aromatic heterocycles. The van der Waals surface area contributed by atoms with E-state index < -0.39 is 0 Å². The Labute approximate surface area is 155 Å². The summed E-state index contributed by atoms with van der Waals surface area (Å²) in [6.07, 6.45) is 4.46. The van der Waals surface area contributed by atoms with Crippen LogP contribution < -0.4 is 4.57 Å². The molecular formula is C24H23N2+. The lowest BCUT2D eigenvalue weighted by molar-refractivity contribution is -0.687. The smallest absolute Gasteiger partial charge is 0.232 e. The molecule has 3 aromatic carbocycles. The van der Waals surface area contributed by atoms with Crippen LogP contribution in [0.2, 0.25) is 0 Å². The Hall–Kier alpha value is -3.13. The van der Waals surface area contributed by atoms with E-state index in [1.807, 2.05) is 0 Å². The first-order valence-corrected chi connectivity index (χ1v) is 9.02. The first-order chi connectivity index (χ1) is 12.8. The van der Waals surface area contributed by atoms with Gasteiger partial charge in [-0.2, -0.15) is 0 Å². The van der Waals surface area contributed by atoms with Gasteiger partial charge in [0.25, 0.3) is 0 Å². The Bertz CT molecular complexity index is 968. The quantitative estimate of drug-likeness (QED) is 0.460. The molecule has 0 atom stereocenters. The lowest BCUT2D eigenvalue weighted by atomic mass is 10.1. The van der Waals surface area contributed by atoms with Gasteiger partial charge < -0.3 is 0 Å². The fourth-order valence-electron chi connectivity index (χ4n) is 3.25. The largest absolute Gasteiger partial charge is 0.244 e. The van der Waals surface area contributed by atoms with Gasteiger partial charge in [-0.1, -0.05) is 90.5 Å². The summed E-state index contributed by atoms with van der Waals surface area (Å²) in [6.45, 7) is 3.87. The molecule has 0 saturated carbocycles. The van der Waals surface area contributed by atoms with Gasteiger partial charge in [0.1, 0.15) is 19.3 Å². The van der Waals surface area contributed by atoms with Crippen molar-refractivity contribution < 1.29 is 4.57 Å². The monoisotopic (exact) mass is 339 g/mol. The number of imidazole rings is 1. The molecule has 0 unspecified atom stereocenters. The number of aromatic nitrogens is 2. The Kier molecular flexibility index (Phi) is 4.65. The summed E-state index contributed by atoms with van der Waals surface area (Å²) in [5.74, 6) is 0. The highest BCUT2D eigenvalue weighted by Crippen LogP contribution is 2.19. The second-order valence-corrected chi connectivity index (χ2v) is 6.77. The molecular weight excluding hydrogens is 316 g/mol. The van der Waals surface area contributed by atoms with Crippen molar-refractivity contribution in [3.63, 3.8) is 0 Å². The maximum absolute atomic E-state index is 2.34. The van der Waals surface area contributed by atoms with E-state index in [0.717, 1.165) is 13.1 Å². The standard InChI is InChI=1S/C24H23N2/c1-20-12-14-22(15-13-20)17-26-19-25(16-21-8-4-2-5-9-21)18-24(26)23-10-6-3-7-11-23/h2-15,18-19H,16-17H2,1H3/q+1. The Balaban J connectivity index is 1.69. The van der Waals surface area contributed by atoms with Gasteiger partial charge in [-0.05, 0) is 18.1 Å². The molecule has 0 saturated heterocycles. The van der Waals surface area contributed by atoms with E-state index in [1.54, 1.807) is 0 Å². The summed E-state index contributed by atoms with van der Waals surface area (Å²) < 4.78 is 4.61. The first-order valence-electron chi connectivity index (χ1n) is 9.02. The zero-order valence-electron chi connectivity index (χ0n) is 15.0. The summed E-state index contributed by atoms with van der Waals surface area (Å²) in [4.78, 5) is 0.